The Labute approximate surface area is 183 Å². The van der Waals surface area contributed by atoms with Crippen molar-refractivity contribution in [2.24, 2.45) is 0 Å². The van der Waals surface area contributed by atoms with Crippen molar-refractivity contribution in [3.63, 3.8) is 0 Å². The third-order valence-corrected chi connectivity index (χ3v) is 4.65. The van der Waals surface area contributed by atoms with Crippen LogP contribution in [0.1, 0.15) is 5.56 Å². The number of nitrogens with one attached hydrogen (secondary N) is 1. The van der Waals surface area contributed by atoms with Crippen LogP contribution in [0.3, 0.4) is 0 Å². The fraction of sp³-hybridized carbons (Fsp3) is 0.176. The average Bonchev–Trinajstić information content (AvgIpc) is 3.08. The number of hydrogen-bond donors (Lipinski definition) is 2. The van der Waals surface area contributed by atoms with Crippen molar-refractivity contribution in [3.8, 4) is 5.75 Å². The SMILES string of the molecule is O=C(Nc1noc2cccc(OCC(F)(F)F)c12)N(S)c1ccc(Br)cc1C(F)(F)F. The molecule has 6 nitrogen and oxygen atoms in total. The molecule has 166 valence electrons. The van der Waals surface area contributed by atoms with Gasteiger partial charge in [0.15, 0.2) is 18.0 Å². The number of rotatable bonds is 4. The standard InChI is InChI=1S/C17H10BrF6N3O3S/c18-8-4-5-10(9(6-8)17(22,23)24)27(31)15(28)25-14-13-11(29-7-16(19,20)21)2-1-3-12(13)30-26-14/h1-6,31H,7H2,(H,25,26,28). The van der Waals surface area contributed by atoms with Crippen molar-refractivity contribution in [3.05, 3.63) is 46.4 Å². The van der Waals surface area contributed by atoms with Crippen molar-refractivity contribution in [2.75, 3.05) is 16.2 Å². The van der Waals surface area contributed by atoms with Crippen molar-refractivity contribution in [2.45, 2.75) is 12.4 Å². The van der Waals surface area contributed by atoms with Gasteiger partial charge in [-0.2, -0.15) is 26.3 Å². The number of hydrogen-bond acceptors (Lipinski definition) is 5. The van der Waals surface area contributed by atoms with Gasteiger partial charge in [-0.05, 0) is 30.3 Å². The van der Waals surface area contributed by atoms with E-state index in [1.165, 1.54) is 24.3 Å². The molecule has 0 atom stereocenters. The lowest BCUT2D eigenvalue weighted by molar-refractivity contribution is -0.153. The van der Waals surface area contributed by atoms with Crippen LogP contribution >= 0.6 is 28.7 Å². The summed E-state index contributed by atoms with van der Waals surface area (Å²) in [5.41, 5.74) is -1.75. The van der Waals surface area contributed by atoms with Gasteiger partial charge in [0.25, 0.3) is 0 Å². The lowest BCUT2D eigenvalue weighted by Crippen LogP contribution is -2.29. The number of benzene rings is 2. The Morgan fingerprint density at radius 2 is 1.90 bits per heavy atom. The molecule has 0 unspecified atom stereocenters. The minimum atomic E-state index is -4.79. The van der Waals surface area contributed by atoms with E-state index < -0.39 is 36.2 Å². The van der Waals surface area contributed by atoms with Gasteiger partial charge >= 0.3 is 18.4 Å². The highest BCUT2D eigenvalue weighted by molar-refractivity contribution is 9.10. The molecule has 0 aliphatic heterocycles. The van der Waals surface area contributed by atoms with Crippen LogP contribution in [0.2, 0.25) is 0 Å². The predicted octanol–water partition coefficient (Wildman–Crippen LogP) is 6.43. The number of carbonyl (C=O) groups is 1. The summed E-state index contributed by atoms with van der Waals surface area (Å²) in [6, 6.07) is 5.77. The quantitative estimate of drug-likeness (QED) is 0.301. The van der Waals surface area contributed by atoms with Crippen molar-refractivity contribution in [1.82, 2.24) is 5.16 Å². The number of thiol groups is 1. The number of ether oxygens (including phenoxy) is 1. The highest BCUT2D eigenvalue weighted by atomic mass is 79.9. The Bertz CT molecular complexity index is 1120. The van der Waals surface area contributed by atoms with Gasteiger partial charge in [-0.1, -0.05) is 40.0 Å². The second-order valence-corrected chi connectivity index (χ2v) is 7.28. The molecule has 1 heterocycles. The number of aromatic nitrogens is 1. The van der Waals surface area contributed by atoms with Crippen LogP contribution in [0.5, 0.6) is 5.75 Å². The van der Waals surface area contributed by atoms with Crippen LogP contribution in [-0.4, -0.2) is 24.0 Å². The Balaban J connectivity index is 1.91. The van der Waals surface area contributed by atoms with E-state index in [0.717, 1.165) is 12.1 Å². The minimum Gasteiger partial charge on any atom is -0.483 e. The van der Waals surface area contributed by atoms with Gasteiger partial charge in [0, 0.05) is 4.47 Å². The predicted molar refractivity (Wildman–Crippen MR) is 105 cm³/mol. The van der Waals surface area contributed by atoms with E-state index in [-0.39, 0.29) is 27.0 Å². The molecule has 3 rings (SSSR count). The molecule has 2 aromatic carbocycles. The number of anilines is 2. The molecule has 0 aliphatic rings. The van der Waals surface area contributed by atoms with Gasteiger partial charge in [-0.3, -0.25) is 5.32 Å². The first-order chi connectivity index (χ1) is 14.4. The third-order valence-electron chi connectivity index (χ3n) is 3.76. The van der Waals surface area contributed by atoms with E-state index >= 15 is 0 Å². The van der Waals surface area contributed by atoms with E-state index in [4.69, 9.17) is 9.26 Å². The minimum absolute atomic E-state index is 0.0136. The summed E-state index contributed by atoms with van der Waals surface area (Å²) in [7, 11) is 0. The number of carbonyl (C=O) groups excluding carboxylic acids is 1. The first-order valence-electron chi connectivity index (χ1n) is 8.11. The van der Waals surface area contributed by atoms with Crippen molar-refractivity contribution in [1.29, 1.82) is 0 Å². The van der Waals surface area contributed by atoms with Crippen molar-refractivity contribution >= 4 is 57.3 Å². The summed E-state index contributed by atoms with van der Waals surface area (Å²) in [5, 5.41) is 5.60. The zero-order chi connectivity index (χ0) is 23.0. The zero-order valence-corrected chi connectivity index (χ0v) is 17.4. The Morgan fingerprint density at radius 1 is 1.19 bits per heavy atom. The zero-order valence-electron chi connectivity index (χ0n) is 14.9. The monoisotopic (exact) mass is 529 g/mol. The summed E-state index contributed by atoms with van der Waals surface area (Å²) in [4.78, 5) is 12.5. The molecule has 0 bridgehead atoms. The number of nitrogens with zero attached hydrogens (tertiary/aromatic N) is 2. The molecular weight excluding hydrogens is 520 g/mol. The molecule has 1 N–H and O–H groups in total. The number of urea groups is 1. The molecule has 3 aromatic rings. The molecule has 31 heavy (non-hydrogen) atoms. The van der Waals surface area contributed by atoms with Crippen LogP contribution in [0.4, 0.5) is 42.6 Å². The molecule has 0 fully saturated rings. The molecule has 1 aromatic heterocycles. The summed E-state index contributed by atoms with van der Waals surface area (Å²) in [5.74, 6) is -0.654. The molecular formula is C17H10BrF6N3O3S. The van der Waals surface area contributed by atoms with Gasteiger partial charge in [-0.25, -0.2) is 9.10 Å². The van der Waals surface area contributed by atoms with Crippen LogP contribution in [-0.2, 0) is 6.18 Å². The highest BCUT2D eigenvalue weighted by Crippen LogP contribution is 2.39. The fourth-order valence-corrected chi connectivity index (χ4v) is 3.10. The van der Waals surface area contributed by atoms with Crippen LogP contribution in [0.15, 0.2) is 45.4 Å². The van der Waals surface area contributed by atoms with Gasteiger partial charge in [0.05, 0.1) is 11.3 Å². The van der Waals surface area contributed by atoms with E-state index in [1.54, 1.807) is 0 Å². The first kappa shape index (κ1) is 23.1. The van der Waals surface area contributed by atoms with E-state index in [9.17, 15) is 31.1 Å². The van der Waals surface area contributed by atoms with Gasteiger partial charge < -0.3 is 9.26 Å². The maximum atomic E-state index is 13.3. The van der Waals surface area contributed by atoms with E-state index in [2.05, 4.69) is 39.2 Å². The summed E-state index contributed by atoms with van der Waals surface area (Å²) in [6.45, 7) is -1.61. The lowest BCUT2D eigenvalue weighted by Gasteiger charge is -2.21. The Hall–Kier alpha value is -2.61. The fourth-order valence-electron chi connectivity index (χ4n) is 2.51. The van der Waals surface area contributed by atoms with Gasteiger partial charge in [0.2, 0.25) is 0 Å². The van der Waals surface area contributed by atoms with Crippen molar-refractivity contribution < 1.29 is 40.4 Å². The number of halogens is 7. The highest BCUT2D eigenvalue weighted by Gasteiger charge is 2.36. The average molecular weight is 530 g/mol. The van der Waals surface area contributed by atoms with Gasteiger partial charge in [-0.15, -0.1) is 0 Å². The Kier molecular flexibility index (Phi) is 6.32. The lowest BCUT2D eigenvalue weighted by atomic mass is 10.1. The third kappa shape index (κ3) is 5.36. The molecule has 2 amide bonds. The summed E-state index contributed by atoms with van der Waals surface area (Å²) in [6.07, 6.45) is -9.42. The summed E-state index contributed by atoms with van der Waals surface area (Å²) >= 11 is 6.76. The molecule has 0 saturated carbocycles. The molecule has 14 heteroatoms. The first-order valence-corrected chi connectivity index (χ1v) is 9.31. The number of alkyl halides is 6. The molecule has 0 radical (unpaired) electrons. The molecule has 0 saturated heterocycles. The number of fused-ring (bicyclic) bond motifs is 1. The topological polar surface area (TPSA) is 67.6 Å². The van der Waals surface area contributed by atoms with Crippen LogP contribution < -0.4 is 14.4 Å². The van der Waals surface area contributed by atoms with E-state index in [0.29, 0.717) is 4.31 Å². The molecule has 0 aliphatic carbocycles. The smallest absolute Gasteiger partial charge is 0.422 e. The second kappa shape index (κ2) is 8.49. The molecule has 0 spiro atoms. The maximum absolute atomic E-state index is 13.3. The second-order valence-electron chi connectivity index (χ2n) is 5.97. The maximum Gasteiger partial charge on any atom is 0.422 e. The Morgan fingerprint density at radius 3 is 2.55 bits per heavy atom. The van der Waals surface area contributed by atoms with Gasteiger partial charge in [0.1, 0.15) is 11.1 Å². The largest absolute Gasteiger partial charge is 0.483 e. The summed E-state index contributed by atoms with van der Waals surface area (Å²) < 4.78 is 87.6. The van der Waals surface area contributed by atoms with E-state index in [1.807, 2.05) is 0 Å². The van der Waals surface area contributed by atoms with Crippen LogP contribution in [0.25, 0.3) is 11.0 Å². The van der Waals surface area contributed by atoms with Crippen LogP contribution in [0, 0.1) is 0 Å². The normalized spacial score (nSPS) is 12.1. The number of amides is 2.